The minimum absolute atomic E-state index is 0.362. The van der Waals surface area contributed by atoms with Crippen LogP contribution >= 0.6 is 0 Å². The summed E-state index contributed by atoms with van der Waals surface area (Å²) in [5, 5.41) is 0. The number of nitrogens with one attached hydrogen (secondary N) is 1. The van der Waals surface area contributed by atoms with E-state index in [1.807, 2.05) is 0 Å². The van der Waals surface area contributed by atoms with E-state index in [0.717, 1.165) is 13.8 Å². The van der Waals surface area contributed by atoms with E-state index in [1.54, 1.807) is 4.98 Å². The second kappa shape index (κ2) is 5.69. The molecule has 5 atom stereocenters. The predicted molar refractivity (Wildman–Crippen MR) is 75.1 cm³/mol. The zero-order valence-electron chi connectivity index (χ0n) is 13.5. The maximum absolute atomic E-state index is 15.1. The number of halogens is 3. The molecule has 1 N–H and O–H groups in total. The molecule has 2 heterocycles. The van der Waals surface area contributed by atoms with Crippen LogP contribution in [0.25, 0.3) is 0 Å². The van der Waals surface area contributed by atoms with Crippen molar-refractivity contribution in [1.29, 1.82) is 0 Å². The molecular formula is C14H13F3N2O7. The number of alkyl halides is 2. The van der Waals surface area contributed by atoms with Crippen LogP contribution in [0.5, 0.6) is 0 Å². The van der Waals surface area contributed by atoms with Crippen LogP contribution in [0.3, 0.4) is 0 Å². The summed E-state index contributed by atoms with van der Waals surface area (Å²) >= 11 is 0. The van der Waals surface area contributed by atoms with E-state index >= 15 is 4.39 Å². The largest absolute Gasteiger partial charge is 0.455 e. The Kier molecular flexibility index (Phi) is 3.98. The second-order valence-electron chi connectivity index (χ2n) is 5.95. The van der Waals surface area contributed by atoms with Crippen LogP contribution in [0, 0.1) is 5.82 Å². The maximum Gasteiger partial charge on any atom is 0.330 e. The molecule has 1 aliphatic carbocycles. The average Bonchev–Trinajstić information content (AvgIpc) is 2.96. The molecule has 0 aromatic carbocycles. The van der Waals surface area contributed by atoms with Crippen LogP contribution in [0.4, 0.5) is 13.2 Å². The highest BCUT2D eigenvalue weighted by Gasteiger charge is 2.94. The third-order valence-electron chi connectivity index (χ3n) is 4.38. The van der Waals surface area contributed by atoms with Crippen molar-refractivity contribution in [2.24, 2.45) is 0 Å². The number of nitrogens with zero attached hydrogens (tertiary/aromatic N) is 1. The summed E-state index contributed by atoms with van der Waals surface area (Å²) in [6.07, 6.45) is -5.52. The van der Waals surface area contributed by atoms with Crippen LogP contribution in [-0.2, 0) is 23.8 Å². The molecule has 0 radical (unpaired) electrons. The number of rotatable bonds is 4. The number of esters is 2. The van der Waals surface area contributed by atoms with Crippen molar-refractivity contribution in [2.45, 2.75) is 43.6 Å². The molecule has 2 fully saturated rings. The van der Waals surface area contributed by atoms with Crippen molar-refractivity contribution in [3.8, 4) is 0 Å². The van der Waals surface area contributed by atoms with Crippen LogP contribution in [0.1, 0.15) is 20.1 Å². The lowest BCUT2D eigenvalue weighted by Crippen LogP contribution is -2.42. The third kappa shape index (κ3) is 2.21. The predicted octanol–water partition coefficient (Wildman–Crippen LogP) is -0.502. The second-order valence-corrected chi connectivity index (χ2v) is 5.95. The molecular weight excluding hydrogens is 365 g/mol. The lowest BCUT2D eigenvalue weighted by atomic mass is 10.1. The highest BCUT2D eigenvalue weighted by molar-refractivity contribution is 5.70. The Balaban J connectivity index is 2.07. The van der Waals surface area contributed by atoms with E-state index in [0.29, 0.717) is 10.8 Å². The van der Waals surface area contributed by atoms with Gasteiger partial charge in [-0.05, 0) is 0 Å². The molecule has 1 saturated carbocycles. The molecule has 3 rings (SSSR count). The monoisotopic (exact) mass is 378 g/mol. The summed E-state index contributed by atoms with van der Waals surface area (Å²) in [6.45, 7) is 0.483. The van der Waals surface area contributed by atoms with Gasteiger partial charge in [-0.2, -0.15) is 4.39 Å². The van der Waals surface area contributed by atoms with Gasteiger partial charge in [0.15, 0.2) is 24.1 Å². The number of hydrogen-bond donors (Lipinski definition) is 1. The molecule has 1 unspecified atom stereocenters. The fourth-order valence-electron chi connectivity index (χ4n) is 3.32. The topological polar surface area (TPSA) is 117 Å². The Morgan fingerprint density at radius 1 is 1.35 bits per heavy atom. The van der Waals surface area contributed by atoms with Crippen molar-refractivity contribution < 1.29 is 37.0 Å². The number of hydrogen-bond acceptors (Lipinski definition) is 7. The lowest BCUT2D eigenvalue weighted by Gasteiger charge is -2.24. The first-order valence-corrected chi connectivity index (χ1v) is 7.36. The molecule has 26 heavy (non-hydrogen) atoms. The van der Waals surface area contributed by atoms with E-state index in [-0.39, 0.29) is 0 Å². The van der Waals surface area contributed by atoms with Gasteiger partial charge in [0.25, 0.3) is 5.56 Å². The van der Waals surface area contributed by atoms with Gasteiger partial charge < -0.3 is 14.2 Å². The number of aromatic amines is 1. The Morgan fingerprint density at radius 3 is 2.54 bits per heavy atom. The first-order chi connectivity index (χ1) is 12.1. The number of H-pyrrole nitrogens is 1. The number of ether oxygens (including phenoxy) is 3. The van der Waals surface area contributed by atoms with Gasteiger partial charge in [-0.25, -0.2) is 13.6 Å². The Bertz CT molecular complexity index is 899. The Morgan fingerprint density at radius 2 is 2.00 bits per heavy atom. The quantitative estimate of drug-likeness (QED) is 0.702. The fourth-order valence-corrected chi connectivity index (χ4v) is 3.32. The van der Waals surface area contributed by atoms with Crippen LogP contribution < -0.4 is 11.2 Å². The molecule has 142 valence electrons. The third-order valence-corrected chi connectivity index (χ3v) is 4.38. The maximum atomic E-state index is 15.1. The summed E-state index contributed by atoms with van der Waals surface area (Å²) in [7, 11) is 0. The SMILES string of the molecule is CC(=O)OC1[C@@]2(CF)O[C@@H](n3cc(F)c(=O)[nH]c3=O)[C@H](F)[C@@]12OC(C)=O. The molecule has 0 spiro atoms. The molecule has 1 saturated heterocycles. The summed E-state index contributed by atoms with van der Waals surface area (Å²) in [5.41, 5.74) is -7.09. The molecule has 9 nitrogen and oxygen atoms in total. The van der Waals surface area contributed by atoms with E-state index < -0.39 is 65.4 Å². The molecule has 0 bridgehead atoms. The van der Waals surface area contributed by atoms with Crippen molar-refractivity contribution in [3.63, 3.8) is 0 Å². The first kappa shape index (κ1) is 18.2. The first-order valence-electron chi connectivity index (χ1n) is 7.36. The number of fused-ring (bicyclic) bond motifs is 1. The minimum atomic E-state index is -2.39. The molecule has 1 aromatic heterocycles. The molecule has 2 aliphatic rings. The number of carbonyl (C=O) groups excluding carboxylic acids is 2. The van der Waals surface area contributed by atoms with Gasteiger partial charge in [0.2, 0.25) is 11.4 Å². The molecule has 1 aromatic rings. The van der Waals surface area contributed by atoms with Gasteiger partial charge in [0.05, 0.1) is 6.20 Å². The van der Waals surface area contributed by atoms with Crippen LogP contribution in [-0.4, -0.2) is 51.6 Å². The van der Waals surface area contributed by atoms with Gasteiger partial charge >= 0.3 is 17.6 Å². The van der Waals surface area contributed by atoms with Crippen molar-refractivity contribution in [3.05, 3.63) is 32.9 Å². The lowest BCUT2D eigenvalue weighted by molar-refractivity contribution is -0.165. The molecule has 1 aliphatic heterocycles. The smallest absolute Gasteiger partial charge is 0.330 e. The molecule has 12 heteroatoms. The summed E-state index contributed by atoms with van der Waals surface area (Å²) in [6, 6.07) is 0. The van der Waals surface area contributed by atoms with E-state index in [4.69, 9.17) is 14.2 Å². The highest BCUT2D eigenvalue weighted by Crippen LogP contribution is 2.67. The standard InChI is InChI=1S/C14H13F3N2O7/c1-5(20)24-11-13(4-15)14(11,25-6(2)21)8(17)10(26-13)19-3-7(16)9(22)18-12(19)23/h3,8,10-11H,4H2,1-2H3,(H,18,22,23)/t8-,10+,11?,13+,14+/m0/s1. The summed E-state index contributed by atoms with van der Waals surface area (Å²) in [5.74, 6) is -3.32. The highest BCUT2D eigenvalue weighted by atomic mass is 19.1. The fraction of sp³-hybridized carbons (Fsp3) is 0.571. The number of aromatic nitrogens is 2. The van der Waals surface area contributed by atoms with Crippen molar-refractivity contribution in [2.75, 3.05) is 6.67 Å². The van der Waals surface area contributed by atoms with Crippen molar-refractivity contribution in [1.82, 2.24) is 9.55 Å². The average molecular weight is 378 g/mol. The van der Waals surface area contributed by atoms with Gasteiger partial charge in [0.1, 0.15) is 6.67 Å². The van der Waals surface area contributed by atoms with E-state index in [9.17, 15) is 28.0 Å². The number of carbonyl (C=O) groups is 2. The Hall–Kier alpha value is -2.63. The van der Waals surface area contributed by atoms with Crippen LogP contribution in [0.15, 0.2) is 15.8 Å². The van der Waals surface area contributed by atoms with Gasteiger partial charge in [0, 0.05) is 13.8 Å². The van der Waals surface area contributed by atoms with Gasteiger partial charge in [-0.3, -0.25) is 23.9 Å². The zero-order chi connectivity index (χ0) is 19.4. The summed E-state index contributed by atoms with van der Waals surface area (Å²) in [4.78, 5) is 47.1. The summed E-state index contributed by atoms with van der Waals surface area (Å²) < 4.78 is 57.6. The van der Waals surface area contributed by atoms with Gasteiger partial charge in [-0.15, -0.1) is 0 Å². The van der Waals surface area contributed by atoms with E-state index in [1.165, 1.54) is 0 Å². The van der Waals surface area contributed by atoms with Crippen LogP contribution in [0.2, 0.25) is 0 Å². The minimum Gasteiger partial charge on any atom is -0.455 e. The normalized spacial score (nSPS) is 34.9. The Labute approximate surface area is 142 Å². The molecule has 0 amide bonds. The van der Waals surface area contributed by atoms with E-state index in [2.05, 4.69) is 0 Å². The zero-order valence-corrected chi connectivity index (χ0v) is 13.5. The van der Waals surface area contributed by atoms with Gasteiger partial charge in [-0.1, -0.05) is 0 Å². The van der Waals surface area contributed by atoms with Crippen molar-refractivity contribution >= 4 is 11.9 Å².